The average Bonchev–Trinajstić information content (AvgIpc) is 2.87. The number of aromatic nitrogens is 4. The Hall–Kier alpha value is -2.71. The molecule has 0 saturated carbocycles. The quantitative estimate of drug-likeness (QED) is 0.397. The standard InChI is InChI=1S/C10H13N7O2/c11-10-7(17(18)19)3-4-8(15-10)12-5-1-2-9-13-6-14-16-9/h3-4,6H,1-2,5H2,(H3,11,12,15)(H,13,14,16). The fourth-order valence-corrected chi connectivity index (χ4v) is 1.54. The minimum atomic E-state index is -0.560. The van der Waals surface area contributed by atoms with Crippen molar-refractivity contribution in [1.29, 1.82) is 0 Å². The Morgan fingerprint density at radius 1 is 1.47 bits per heavy atom. The van der Waals surface area contributed by atoms with E-state index in [1.54, 1.807) is 0 Å². The molecule has 0 spiro atoms. The van der Waals surface area contributed by atoms with Crippen molar-refractivity contribution in [1.82, 2.24) is 20.2 Å². The van der Waals surface area contributed by atoms with Gasteiger partial charge in [-0.1, -0.05) is 0 Å². The topological polar surface area (TPSA) is 136 Å². The molecule has 2 aromatic rings. The van der Waals surface area contributed by atoms with Crippen molar-refractivity contribution >= 4 is 17.3 Å². The number of nitrogens with one attached hydrogen (secondary N) is 2. The third kappa shape index (κ3) is 3.37. The van der Waals surface area contributed by atoms with E-state index in [4.69, 9.17) is 5.73 Å². The lowest BCUT2D eigenvalue weighted by Crippen LogP contribution is -2.07. The van der Waals surface area contributed by atoms with Gasteiger partial charge in [0.2, 0.25) is 5.82 Å². The van der Waals surface area contributed by atoms with Crippen LogP contribution in [-0.2, 0) is 6.42 Å². The van der Waals surface area contributed by atoms with E-state index >= 15 is 0 Å². The highest BCUT2D eigenvalue weighted by Gasteiger charge is 2.12. The van der Waals surface area contributed by atoms with Gasteiger partial charge in [-0.15, -0.1) is 0 Å². The van der Waals surface area contributed by atoms with Crippen molar-refractivity contribution in [3.8, 4) is 0 Å². The van der Waals surface area contributed by atoms with Crippen LogP contribution in [0.3, 0.4) is 0 Å². The van der Waals surface area contributed by atoms with Gasteiger partial charge in [-0.3, -0.25) is 15.2 Å². The summed E-state index contributed by atoms with van der Waals surface area (Å²) in [7, 11) is 0. The first kappa shape index (κ1) is 12.7. The van der Waals surface area contributed by atoms with Crippen molar-refractivity contribution in [2.24, 2.45) is 0 Å². The van der Waals surface area contributed by atoms with E-state index in [1.807, 2.05) is 0 Å². The normalized spacial score (nSPS) is 10.3. The second-order valence-corrected chi connectivity index (χ2v) is 3.82. The van der Waals surface area contributed by atoms with E-state index < -0.39 is 4.92 Å². The molecule has 9 heteroatoms. The van der Waals surface area contributed by atoms with Gasteiger partial charge in [0.1, 0.15) is 18.0 Å². The second kappa shape index (κ2) is 5.76. The summed E-state index contributed by atoms with van der Waals surface area (Å²) in [5, 5.41) is 20.1. The van der Waals surface area contributed by atoms with Gasteiger partial charge in [-0.05, 0) is 12.5 Å². The number of aromatic amines is 1. The van der Waals surface area contributed by atoms with Gasteiger partial charge in [0.25, 0.3) is 0 Å². The maximum atomic E-state index is 10.6. The molecule has 0 aliphatic heterocycles. The maximum absolute atomic E-state index is 10.6. The number of aryl methyl sites for hydroxylation is 1. The summed E-state index contributed by atoms with van der Waals surface area (Å²) in [6.07, 6.45) is 3.05. The van der Waals surface area contributed by atoms with E-state index in [1.165, 1.54) is 18.5 Å². The predicted octanol–water partition coefficient (Wildman–Crippen LogP) is 0.735. The molecule has 9 nitrogen and oxygen atoms in total. The molecule has 0 radical (unpaired) electrons. The van der Waals surface area contributed by atoms with E-state index in [9.17, 15) is 10.1 Å². The lowest BCUT2D eigenvalue weighted by molar-refractivity contribution is -0.384. The third-order valence-corrected chi connectivity index (χ3v) is 2.46. The van der Waals surface area contributed by atoms with E-state index in [0.29, 0.717) is 12.4 Å². The molecule has 0 amide bonds. The highest BCUT2D eigenvalue weighted by Crippen LogP contribution is 2.20. The van der Waals surface area contributed by atoms with Crippen LogP contribution in [0.2, 0.25) is 0 Å². The Morgan fingerprint density at radius 2 is 2.32 bits per heavy atom. The minimum Gasteiger partial charge on any atom is -0.378 e. The third-order valence-electron chi connectivity index (χ3n) is 2.46. The zero-order valence-corrected chi connectivity index (χ0v) is 10.0. The van der Waals surface area contributed by atoms with Gasteiger partial charge >= 0.3 is 5.69 Å². The summed E-state index contributed by atoms with van der Waals surface area (Å²) in [5.74, 6) is 1.24. The summed E-state index contributed by atoms with van der Waals surface area (Å²) < 4.78 is 0. The fraction of sp³-hybridized carbons (Fsp3) is 0.300. The van der Waals surface area contributed by atoms with Gasteiger partial charge < -0.3 is 11.1 Å². The molecule has 0 aromatic carbocycles. The molecule has 2 heterocycles. The first-order valence-electron chi connectivity index (χ1n) is 5.66. The molecule has 2 rings (SSSR count). The van der Waals surface area contributed by atoms with E-state index in [0.717, 1.165) is 18.7 Å². The van der Waals surface area contributed by atoms with Crippen molar-refractivity contribution < 1.29 is 4.92 Å². The number of H-pyrrole nitrogens is 1. The van der Waals surface area contributed by atoms with Crippen LogP contribution in [0.1, 0.15) is 12.2 Å². The van der Waals surface area contributed by atoms with Crippen molar-refractivity contribution in [2.45, 2.75) is 12.8 Å². The number of nitrogens with two attached hydrogens (primary N) is 1. The largest absolute Gasteiger partial charge is 0.378 e. The Labute approximate surface area is 108 Å². The number of pyridine rings is 1. The molecule has 0 bridgehead atoms. The first-order chi connectivity index (χ1) is 9.16. The second-order valence-electron chi connectivity index (χ2n) is 3.82. The number of hydrogen-bond donors (Lipinski definition) is 3. The van der Waals surface area contributed by atoms with Crippen LogP contribution in [0.15, 0.2) is 18.5 Å². The molecular weight excluding hydrogens is 250 g/mol. The van der Waals surface area contributed by atoms with Crippen LogP contribution < -0.4 is 11.1 Å². The monoisotopic (exact) mass is 263 g/mol. The molecule has 4 N–H and O–H groups in total. The molecule has 2 aromatic heterocycles. The smallest absolute Gasteiger partial charge is 0.311 e. The number of hydrogen-bond acceptors (Lipinski definition) is 7. The van der Waals surface area contributed by atoms with E-state index in [2.05, 4.69) is 25.5 Å². The molecule has 0 aliphatic rings. The number of rotatable bonds is 6. The van der Waals surface area contributed by atoms with Gasteiger partial charge in [0.15, 0.2) is 0 Å². The van der Waals surface area contributed by atoms with Crippen LogP contribution in [-0.4, -0.2) is 31.6 Å². The van der Waals surface area contributed by atoms with Crippen molar-refractivity contribution in [2.75, 3.05) is 17.6 Å². The summed E-state index contributed by atoms with van der Waals surface area (Å²) in [5.41, 5.74) is 5.30. The number of anilines is 2. The van der Waals surface area contributed by atoms with Crippen LogP contribution in [0.4, 0.5) is 17.3 Å². The molecule has 0 saturated heterocycles. The molecule has 0 aliphatic carbocycles. The van der Waals surface area contributed by atoms with Crippen LogP contribution >= 0.6 is 0 Å². The SMILES string of the molecule is Nc1nc(NCCCc2ncn[nH]2)ccc1[N+](=O)[O-]. The van der Waals surface area contributed by atoms with E-state index in [-0.39, 0.29) is 11.5 Å². The highest BCUT2D eigenvalue weighted by atomic mass is 16.6. The summed E-state index contributed by atoms with van der Waals surface area (Å²) in [6, 6.07) is 2.87. The molecule has 0 fully saturated rings. The number of nitrogens with zero attached hydrogens (tertiary/aromatic N) is 4. The van der Waals surface area contributed by atoms with Crippen LogP contribution in [0.5, 0.6) is 0 Å². The highest BCUT2D eigenvalue weighted by molar-refractivity contribution is 5.57. The molecular formula is C10H13N7O2. The maximum Gasteiger partial charge on any atom is 0.311 e. The van der Waals surface area contributed by atoms with Crippen LogP contribution in [0.25, 0.3) is 0 Å². The zero-order valence-electron chi connectivity index (χ0n) is 10.0. The van der Waals surface area contributed by atoms with Crippen LogP contribution in [0, 0.1) is 10.1 Å². The average molecular weight is 263 g/mol. The van der Waals surface area contributed by atoms with Gasteiger partial charge in [-0.2, -0.15) is 5.10 Å². The Morgan fingerprint density at radius 3 is 2.95 bits per heavy atom. The Bertz CT molecular complexity index is 555. The predicted molar refractivity (Wildman–Crippen MR) is 68.5 cm³/mol. The molecule has 0 unspecified atom stereocenters. The van der Waals surface area contributed by atoms with Crippen molar-refractivity contribution in [3.63, 3.8) is 0 Å². The first-order valence-corrected chi connectivity index (χ1v) is 5.66. The summed E-state index contributed by atoms with van der Waals surface area (Å²) in [6.45, 7) is 0.658. The summed E-state index contributed by atoms with van der Waals surface area (Å²) >= 11 is 0. The minimum absolute atomic E-state index is 0.0924. The van der Waals surface area contributed by atoms with Gasteiger partial charge in [-0.25, -0.2) is 9.97 Å². The lowest BCUT2D eigenvalue weighted by Gasteiger charge is -2.05. The molecule has 19 heavy (non-hydrogen) atoms. The number of nitrogen functional groups attached to an aromatic ring is 1. The van der Waals surface area contributed by atoms with Gasteiger partial charge in [0.05, 0.1) is 4.92 Å². The number of nitro groups is 1. The Balaban J connectivity index is 1.83. The van der Waals surface area contributed by atoms with Crippen molar-refractivity contribution in [3.05, 3.63) is 34.4 Å². The zero-order chi connectivity index (χ0) is 13.7. The fourth-order valence-electron chi connectivity index (χ4n) is 1.54. The molecule has 100 valence electrons. The Kier molecular flexibility index (Phi) is 3.86. The molecule has 0 atom stereocenters. The van der Waals surface area contributed by atoms with Gasteiger partial charge in [0, 0.05) is 19.0 Å². The summed E-state index contributed by atoms with van der Waals surface area (Å²) in [4.78, 5) is 17.9. The lowest BCUT2D eigenvalue weighted by atomic mass is 10.3.